The molecule has 0 radical (unpaired) electrons. The average Bonchev–Trinajstić information content (AvgIpc) is 2.14. The quantitative estimate of drug-likeness (QED) is 0.606. The summed E-state index contributed by atoms with van der Waals surface area (Å²) in [4.78, 5) is 10.1. The number of nitrogens with zero attached hydrogens (tertiary/aromatic N) is 1. The first-order valence-corrected chi connectivity index (χ1v) is 4.66. The highest BCUT2D eigenvalue weighted by atomic mass is 35.5. The largest absolute Gasteiger partial charge is 0.481 e. The van der Waals surface area contributed by atoms with Crippen LogP contribution >= 0.6 is 23.2 Å². The second kappa shape index (κ2) is 5.00. The Kier molecular flexibility index (Phi) is 3.94. The van der Waals surface area contributed by atoms with Crippen molar-refractivity contribution in [2.45, 2.75) is 0 Å². The summed E-state index contributed by atoms with van der Waals surface area (Å²) in [7, 11) is 0. The van der Waals surface area contributed by atoms with Crippen LogP contribution in [-0.4, -0.2) is 11.5 Å². The molecule has 15 heavy (non-hydrogen) atoms. The van der Waals surface area contributed by atoms with Gasteiger partial charge < -0.3 is 4.74 Å². The topological polar surface area (TPSA) is 52.4 Å². The normalized spacial score (nSPS) is 9.73. The van der Waals surface area contributed by atoms with Crippen molar-refractivity contribution in [1.82, 2.24) is 0 Å². The van der Waals surface area contributed by atoms with Crippen molar-refractivity contribution in [3.63, 3.8) is 0 Å². The SMILES string of the molecule is C=C(Cl)COc1cc(Cl)ccc1[N+](=O)[O-]. The monoisotopic (exact) mass is 247 g/mol. The summed E-state index contributed by atoms with van der Waals surface area (Å²) < 4.78 is 5.08. The first kappa shape index (κ1) is 11.8. The second-order valence-electron chi connectivity index (χ2n) is 2.68. The number of hydrogen-bond acceptors (Lipinski definition) is 3. The minimum absolute atomic E-state index is 0.00272. The second-order valence-corrected chi connectivity index (χ2v) is 3.65. The van der Waals surface area contributed by atoms with Gasteiger partial charge in [-0.2, -0.15) is 0 Å². The Labute approximate surface area is 96.2 Å². The molecule has 0 bridgehead atoms. The Balaban J connectivity index is 2.96. The third kappa shape index (κ3) is 3.42. The third-order valence-electron chi connectivity index (χ3n) is 1.50. The van der Waals surface area contributed by atoms with Crippen LogP contribution < -0.4 is 4.74 Å². The van der Waals surface area contributed by atoms with Crippen LogP contribution in [0.4, 0.5) is 5.69 Å². The van der Waals surface area contributed by atoms with Crippen molar-refractivity contribution in [2.24, 2.45) is 0 Å². The molecule has 0 heterocycles. The van der Waals surface area contributed by atoms with E-state index >= 15 is 0 Å². The van der Waals surface area contributed by atoms with E-state index in [1.54, 1.807) is 0 Å². The lowest BCUT2D eigenvalue weighted by molar-refractivity contribution is -0.385. The summed E-state index contributed by atoms with van der Waals surface area (Å²) in [6, 6.07) is 4.05. The van der Waals surface area contributed by atoms with Crippen LogP contribution in [0, 0.1) is 10.1 Å². The van der Waals surface area contributed by atoms with Gasteiger partial charge in [-0.05, 0) is 6.07 Å². The fourth-order valence-corrected chi connectivity index (χ4v) is 1.13. The van der Waals surface area contributed by atoms with Gasteiger partial charge in [0.05, 0.1) is 4.92 Å². The fraction of sp³-hybridized carbons (Fsp3) is 0.111. The maximum Gasteiger partial charge on any atom is 0.311 e. The Morgan fingerprint density at radius 1 is 1.60 bits per heavy atom. The molecule has 1 aromatic rings. The van der Waals surface area contributed by atoms with Crippen LogP contribution in [0.5, 0.6) is 5.75 Å². The van der Waals surface area contributed by atoms with Gasteiger partial charge in [-0.25, -0.2) is 0 Å². The summed E-state index contributed by atoms with van der Waals surface area (Å²) in [6.45, 7) is 3.41. The maximum absolute atomic E-state index is 10.6. The fourth-order valence-electron chi connectivity index (χ4n) is 0.910. The molecule has 80 valence electrons. The number of rotatable bonds is 4. The molecule has 0 spiro atoms. The van der Waals surface area contributed by atoms with Crippen LogP contribution in [-0.2, 0) is 0 Å². The zero-order valence-electron chi connectivity index (χ0n) is 7.57. The van der Waals surface area contributed by atoms with Crippen LogP contribution in [0.15, 0.2) is 29.8 Å². The Morgan fingerprint density at radius 3 is 2.80 bits per heavy atom. The van der Waals surface area contributed by atoms with E-state index in [4.69, 9.17) is 27.9 Å². The van der Waals surface area contributed by atoms with Gasteiger partial charge in [0.1, 0.15) is 6.61 Å². The zero-order valence-corrected chi connectivity index (χ0v) is 9.09. The van der Waals surface area contributed by atoms with Crippen LogP contribution in [0.3, 0.4) is 0 Å². The molecule has 1 rings (SSSR count). The van der Waals surface area contributed by atoms with Gasteiger partial charge in [0, 0.05) is 22.2 Å². The van der Waals surface area contributed by atoms with Gasteiger partial charge in [-0.1, -0.05) is 29.8 Å². The van der Waals surface area contributed by atoms with Crippen molar-refractivity contribution in [2.75, 3.05) is 6.61 Å². The van der Waals surface area contributed by atoms with Crippen molar-refractivity contribution in [3.8, 4) is 5.75 Å². The average molecular weight is 248 g/mol. The Bertz CT molecular complexity index is 406. The number of nitro benzene ring substituents is 1. The van der Waals surface area contributed by atoms with Crippen molar-refractivity contribution in [1.29, 1.82) is 0 Å². The predicted octanol–water partition coefficient (Wildman–Crippen LogP) is 3.38. The van der Waals surface area contributed by atoms with E-state index in [9.17, 15) is 10.1 Å². The molecule has 0 aromatic heterocycles. The molecule has 0 fully saturated rings. The van der Waals surface area contributed by atoms with Crippen LogP contribution in [0.2, 0.25) is 5.02 Å². The predicted molar refractivity (Wildman–Crippen MR) is 58.6 cm³/mol. The van der Waals surface area contributed by atoms with Gasteiger partial charge in [0.15, 0.2) is 5.75 Å². The molecule has 0 aliphatic heterocycles. The highest BCUT2D eigenvalue weighted by molar-refractivity contribution is 6.30. The van der Waals surface area contributed by atoms with Crippen LogP contribution in [0.25, 0.3) is 0 Å². The third-order valence-corrected chi connectivity index (χ3v) is 1.85. The van der Waals surface area contributed by atoms with E-state index in [2.05, 4.69) is 6.58 Å². The lowest BCUT2D eigenvalue weighted by atomic mass is 10.3. The first-order chi connectivity index (χ1) is 7.00. The minimum Gasteiger partial charge on any atom is -0.481 e. The van der Waals surface area contributed by atoms with E-state index in [0.717, 1.165) is 0 Å². The standard InChI is InChI=1S/C9H7Cl2NO3/c1-6(10)5-15-9-4-7(11)2-3-8(9)12(13)14/h2-4H,1,5H2. The highest BCUT2D eigenvalue weighted by Gasteiger charge is 2.15. The molecule has 0 saturated heterocycles. The molecule has 6 heteroatoms. The minimum atomic E-state index is -0.553. The first-order valence-electron chi connectivity index (χ1n) is 3.90. The van der Waals surface area contributed by atoms with Gasteiger partial charge >= 0.3 is 5.69 Å². The van der Waals surface area contributed by atoms with E-state index in [0.29, 0.717) is 5.02 Å². The molecule has 0 saturated carbocycles. The molecule has 0 aliphatic rings. The zero-order chi connectivity index (χ0) is 11.4. The van der Waals surface area contributed by atoms with E-state index < -0.39 is 4.92 Å². The lowest BCUT2D eigenvalue weighted by Crippen LogP contribution is -2.00. The molecule has 0 amide bonds. The maximum atomic E-state index is 10.6. The summed E-state index contributed by atoms with van der Waals surface area (Å²) in [5.74, 6) is 0.0781. The van der Waals surface area contributed by atoms with Crippen LogP contribution in [0.1, 0.15) is 0 Å². The number of halogens is 2. The Hall–Kier alpha value is -1.26. The van der Waals surface area contributed by atoms with Crippen molar-refractivity contribution in [3.05, 3.63) is 44.9 Å². The molecule has 0 unspecified atom stereocenters. The number of benzene rings is 1. The van der Waals surface area contributed by atoms with Gasteiger partial charge in [0.25, 0.3) is 0 Å². The molecular weight excluding hydrogens is 241 g/mol. The molecular formula is C9H7Cl2NO3. The molecule has 4 nitrogen and oxygen atoms in total. The molecule has 0 atom stereocenters. The summed E-state index contributed by atoms with van der Waals surface area (Å²) in [5, 5.41) is 11.2. The Morgan fingerprint density at radius 2 is 2.27 bits per heavy atom. The van der Waals surface area contributed by atoms with Crippen molar-refractivity contribution >= 4 is 28.9 Å². The summed E-state index contributed by atoms with van der Waals surface area (Å²) in [6.07, 6.45) is 0. The molecule has 0 N–H and O–H groups in total. The van der Waals surface area contributed by atoms with Crippen molar-refractivity contribution < 1.29 is 9.66 Å². The summed E-state index contributed by atoms with van der Waals surface area (Å²) >= 11 is 11.2. The van der Waals surface area contributed by atoms with E-state index in [-0.39, 0.29) is 23.1 Å². The molecule has 0 aliphatic carbocycles. The van der Waals surface area contributed by atoms with E-state index in [1.807, 2.05) is 0 Å². The highest BCUT2D eigenvalue weighted by Crippen LogP contribution is 2.30. The van der Waals surface area contributed by atoms with E-state index in [1.165, 1.54) is 18.2 Å². The summed E-state index contributed by atoms with van der Waals surface area (Å²) in [5.41, 5.74) is -0.155. The number of ether oxygens (including phenoxy) is 1. The number of hydrogen-bond donors (Lipinski definition) is 0. The van der Waals surface area contributed by atoms with Gasteiger partial charge in [-0.3, -0.25) is 10.1 Å². The molecule has 1 aromatic carbocycles. The van der Waals surface area contributed by atoms with Gasteiger partial charge in [0.2, 0.25) is 0 Å². The number of nitro groups is 1. The van der Waals surface area contributed by atoms with Gasteiger partial charge in [-0.15, -0.1) is 0 Å². The lowest BCUT2D eigenvalue weighted by Gasteiger charge is -2.05. The smallest absolute Gasteiger partial charge is 0.311 e.